The standard InChI is InChI=1S/C11H21N5O2/c1-4-12-5-10-6-16(15-14-10)7-11(17)13-9(2)8-18-3/h6,9,12H,4-5,7-8H2,1-3H3,(H,13,17). The Hall–Kier alpha value is -1.47. The summed E-state index contributed by atoms with van der Waals surface area (Å²) >= 11 is 0. The van der Waals surface area contributed by atoms with Gasteiger partial charge in [0.15, 0.2) is 0 Å². The molecule has 0 aliphatic rings. The van der Waals surface area contributed by atoms with Crippen LogP contribution in [0.25, 0.3) is 0 Å². The van der Waals surface area contributed by atoms with E-state index in [9.17, 15) is 4.79 Å². The average molecular weight is 255 g/mol. The SMILES string of the molecule is CCNCc1cn(CC(=O)NC(C)COC)nn1. The van der Waals surface area contributed by atoms with Gasteiger partial charge in [-0.2, -0.15) is 0 Å². The molecule has 1 heterocycles. The lowest BCUT2D eigenvalue weighted by molar-refractivity contribution is -0.122. The first-order chi connectivity index (χ1) is 8.65. The molecule has 18 heavy (non-hydrogen) atoms. The van der Waals surface area contributed by atoms with Crippen molar-refractivity contribution in [3.63, 3.8) is 0 Å². The molecule has 102 valence electrons. The predicted octanol–water partition coefficient (Wildman–Crippen LogP) is -0.461. The van der Waals surface area contributed by atoms with Crippen molar-refractivity contribution in [1.29, 1.82) is 0 Å². The fourth-order valence-corrected chi connectivity index (χ4v) is 1.51. The van der Waals surface area contributed by atoms with Crippen LogP contribution in [-0.2, 0) is 22.6 Å². The minimum atomic E-state index is -0.0977. The molecule has 0 saturated carbocycles. The molecule has 0 spiro atoms. The zero-order valence-electron chi connectivity index (χ0n) is 11.1. The summed E-state index contributed by atoms with van der Waals surface area (Å²) in [5.41, 5.74) is 0.828. The molecule has 1 unspecified atom stereocenters. The number of nitrogens with one attached hydrogen (secondary N) is 2. The number of ether oxygens (including phenoxy) is 1. The lowest BCUT2D eigenvalue weighted by Gasteiger charge is -2.12. The molecule has 7 heteroatoms. The number of amides is 1. The van der Waals surface area contributed by atoms with Gasteiger partial charge in [-0.1, -0.05) is 12.1 Å². The van der Waals surface area contributed by atoms with Crippen molar-refractivity contribution in [3.05, 3.63) is 11.9 Å². The van der Waals surface area contributed by atoms with Gasteiger partial charge in [0.05, 0.1) is 18.5 Å². The van der Waals surface area contributed by atoms with Gasteiger partial charge in [-0.25, -0.2) is 4.68 Å². The number of methoxy groups -OCH3 is 1. The van der Waals surface area contributed by atoms with Crippen LogP contribution in [0.5, 0.6) is 0 Å². The molecule has 0 aromatic carbocycles. The first kappa shape index (κ1) is 14.6. The summed E-state index contributed by atoms with van der Waals surface area (Å²) in [6.45, 7) is 6.12. The Morgan fingerprint density at radius 3 is 3.06 bits per heavy atom. The average Bonchev–Trinajstić information content (AvgIpc) is 2.74. The van der Waals surface area contributed by atoms with Gasteiger partial charge >= 0.3 is 0 Å². The maximum absolute atomic E-state index is 11.7. The molecule has 1 aromatic heterocycles. The van der Waals surface area contributed by atoms with E-state index in [1.165, 1.54) is 4.68 Å². The predicted molar refractivity (Wildman–Crippen MR) is 66.9 cm³/mol. The Morgan fingerprint density at radius 1 is 1.61 bits per heavy atom. The van der Waals surface area contributed by atoms with Crippen LogP contribution >= 0.6 is 0 Å². The maximum Gasteiger partial charge on any atom is 0.242 e. The van der Waals surface area contributed by atoms with Crippen molar-refractivity contribution in [3.8, 4) is 0 Å². The summed E-state index contributed by atoms with van der Waals surface area (Å²) in [7, 11) is 1.60. The number of nitrogens with zero attached hydrogens (tertiary/aromatic N) is 3. The Morgan fingerprint density at radius 2 is 2.39 bits per heavy atom. The molecule has 0 fully saturated rings. The van der Waals surface area contributed by atoms with Gasteiger partial charge in [-0.05, 0) is 13.5 Å². The highest BCUT2D eigenvalue weighted by atomic mass is 16.5. The van der Waals surface area contributed by atoms with Crippen molar-refractivity contribution in [1.82, 2.24) is 25.6 Å². The summed E-state index contributed by atoms with van der Waals surface area (Å²) in [6, 6.07) is -0.00718. The first-order valence-electron chi connectivity index (χ1n) is 6.03. The second kappa shape index (κ2) is 7.78. The molecular weight excluding hydrogens is 234 g/mol. The fraction of sp³-hybridized carbons (Fsp3) is 0.727. The molecular formula is C11H21N5O2. The monoisotopic (exact) mass is 255 g/mol. The van der Waals surface area contributed by atoms with E-state index >= 15 is 0 Å². The highest BCUT2D eigenvalue weighted by molar-refractivity contribution is 5.75. The third kappa shape index (κ3) is 5.24. The van der Waals surface area contributed by atoms with Crippen LogP contribution in [0.15, 0.2) is 6.20 Å². The van der Waals surface area contributed by atoms with Crippen molar-refractivity contribution < 1.29 is 9.53 Å². The zero-order chi connectivity index (χ0) is 13.4. The zero-order valence-corrected chi connectivity index (χ0v) is 11.1. The van der Waals surface area contributed by atoms with Crippen molar-refractivity contribution >= 4 is 5.91 Å². The van der Waals surface area contributed by atoms with Crippen LogP contribution < -0.4 is 10.6 Å². The van der Waals surface area contributed by atoms with Gasteiger partial charge in [0.2, 0.25) is 5.91 Å². The van der Waals surface area contributed by atoms with E-state index in [1.54, 1.807) is 13.3 Å². The van der Waals surface area contributed by atoms with E-state index in [2.05, 4.69) is 20.9 Å². The van der Waals surface area contributed by atoms with Crippen molar-refractivity contribution in [2.24, 2.45) is 0 Å². The first-order valence-corrected chi connectivity index (χ1v) is 6.03. The summed E-state index contributed by atoms with van der Waals surface area (Å²) in [5, 5.41) is 13.8. The fourth-order valence-electron chi connectivity index (χ4n) is 1.51. The topological polar surface area (TPSA) is 81.1 Å². The number of carbonyl (C=O) groups is 1. The molecule has 1 amide bonds. The second-order valence-electron chi connectivity index (χ2n) is 4.11. The minimum Gasteiger partial charge on any atom is -0.383 e. The molecule has 1 aromatic rings. The number of aromatic nitrogens is 3. The van der Waals surface area contributed by atoms with Gasteiger partial charge in [0, 0.05) is 19.7 Å². The third-order valence-corrected chi connectivity index (χ3v) is 2.27. The molecule has 0 aliphatic carbocycles. The van der Waals surface area contributed by atoms with E-state index in [0.717, 1.165) is 12.2 Å². The van der Waals surface area contributed by atoms with Crippen LogP contribution in [-0.4, -0.2) is 47.2 Å². The Bertz CT molecular complexity index is 366. The highest BCUT2D eigenvalue weighted by Gasteiger charge is 2.09. The third-order valence-electron chi connectivity index (χ3n) is 2.27. The number of rotatable bonds is 8. The summed E-state index contributed by atoms with van der Waals surface area (Å²) < 4.78 is 6.47. The van der Waals surface area contributed by atoms with Gasteiger partial charge in [0.1, 0.15) is 6.54 Å². The lowest BCUT2D eigenvalue weighted by Crippen LogP contribution is -2.37. The molecule has 1 rings (SSSR count). The summed E-state index contributed by atoms with van der Waals surface area (Å²) in [5.74, 6) is -0.0977. The molecule has 0 radical (unpaired) electrons. The Kier molecular flexibility index (Phi) is 6.31. The molecule has 2 N–H and O–H groups in total. The van der Waals surface area contributed by atoms with Crippen LogP contribution in [0.1, 0.15) is 19.5 Å². The number of hydrogen-bond donors (Lipinski definition) is 2. The highest BCUT2D eigenvalue weighted by Crippen LogP contribution is 1.93. The number of hydrogen-bond acceptors (Lipinski definition) is 5. The lowest BCUT2D eigenvalue weighted by atomic mass is 10.3. The van der Waals surface area contributed by atoms with Gasteiger partial charge in [-0.3, -0.25) is 4.79 Å². The molecule has 0 bridgehead atoms. The van der Waals surface area contributed by atoms with E-state index < -0.39 is 0 Å². The molecule has 1 atom stereocenters. The quantitative estimate of drug-likeness (QED) is 0.657. The van der Waals surface area contributed by atoms with E-state index in [-0.39, 0.29) is 18.5 Å². The summed E-state index contributed by atoms with van der Waals surface area (Å²) in [4.78, 5) is 11.7. The second-order valence-corrected chi connectivity index (χ2v) is 4.11. The van der Waals surface area contributed by atoms with E-state index in [0.29, 0.717) is 13.2 Å². The Balaban J connectivity index is 2.37. The van der Waals surface area contributed by atoms with Gasteiger partial charge < -0.3 is 15.4 Å². The minimum absolute atomic E-state index is 0.00718. The largest absolute Gasteiger partial charge is 0.383 e. The smallest absolute Gasteiger partial charge is 0.242 e. The molecule has 0 saturated heterocycles. The van der Waals surface area contributed by atoms with Crippen LogP contribution in [0.4, 0.5) is 0 Å². The molecule has 7 nitrogen and oxygen atoms in total. The van der Waals surface area contributed by atoms with Crippen molar-refractivity contribution in [2.75, 3.05) is 20.3 Å². The normalized spacial score (nSPS) is 12.4. The van der Waals surface area contributed by atoms with E-state index in [1.807, 2.05) is 13.8 Å². The molecule has 0 aliphatic heterocycles. The van der Waals surface area contributed by atoms with Crippen LogP contribution in [0.3, 0.4) is 0 Å². The number of carbonyl (C=O) groups excluding carboxylic acids is 1. The maximum atomic E-state index is 11.7. The van der Waals surface area contributed by atoms with E-state index in [4.69, 9.17) is 4.74 Å². The van der Waals surface area contributed by atoms with Gasteiger partial charge in [-0.15, -0.1) is 5.10 Å². The Labute approximate surface area is 107 Å². The summed E-state index contributed by atoms with van der Waals surface area (Å²) in [6.07, 6.45) is 1.77. The van der Waals surface area contributed by atoms with Crippen molar-refractivity contribution in [2.45, 2.75) is 33.0 Å². The van der Waals surface area contributed by atoms with Crippen LogP contribution in [0.2, 0.25) is 0 Å². The van der Waals surface area contributed by atoms with Crippen LogP contribution in [0, 0.1) is 0 Å². The van der Waals surface area contributed by atoms with Gasteiger partial charge in [0.25, 0.3) is 0 Å².